The van der Waals surface area contributed by atoms with Crippen LogP contribution >= 0.6 is 0 Å². The van der Waals surface area contributed by atoms with Crippen LogP contribution in [-0.2, 0) is 0 Å². The summed E-state index contributed by atoms with van der Waals surface area (Å²) in [5.74, 6) is 0. The molecule has 1 nitrogen and oxygen atoms in total. The van der Waals surface area contributed by atoms with Gasteiger partial charge in [-0.05, 0) is 44.4 Å². The van der Waals surface area contributed by atoms with E-state index in [1.807, 2.05) is 0 Å². The van der Waals surface area contributed by atoms with Crippen molar-refractivity contribution in [2.75, 3.05) is 0 Å². The van der Waals surface area contributed by atoms with E-state index in [1.54, 1.807) is 0 Å². The smallest absolute Gasteiger partial charge is 0.0711 e. The van der Waals surface area contributed by atoms with Crippen molar-refractivity contribution in [2.24, 2.45) is 0 Å². The second kappa shape index (κ2) is 3.56. The van der Waals surface area contributed by atoms with E-state index in [4.69, 9.17) is 0 Å². The molecule has 0 bridgehead atoms. The van der Waals surface area contributed by atoms with Crippen molar-refractivity contribution in [3.8, 4) is 0 Å². The van der Waals surface area contributed by atoms with E-state index in [0.29, 0.717) is 0 Å². The molecule has 0 atom stereocenters. The molecule has 17 heavy (non-hydrogen) atoms. The van der Waals surface area contributed by atoms with Crippen LogP contribution in [0.2, 0.25) is 0 Å². The van der Waals surface area contributed by atoms with Gasteiger partial charge >= 0.3 is 0 Å². The fourth-order valence-corrected chi connectivity index (χ4v) is 2.40. The molecule has 2 aromatic carbocycles. The Bertz CT molecular complexity index is 726. The monoisotopic (exact) mass is 221 g/mol. The van der Waals surface area contributed by atoms with Crippen LogP contribution in [0.25, 0.3) is 21.7 Å². The topological polar surface area (TPSA) is 12.9 Å². The van der Waals surface area contributed by atoms with Crippen LogP contribution in [-0.4, -0.2) is 4.98 Å². The number of hydrogen-bond donors (Lipinski definition) is 0. The number of benzene rings is 2. The molecule has 0 radical (unpaired) electrons. The van der Waals surface area contributed by atoms with Gasteiger partial charge in [0.15, 0.2) is 0 Å². The van der Waals surface area contributed by atoms with E-state index in [9.17, 15) is 0 Å². The Morgan fingerprint density at radius 2 is 1.35 bits per heavy atom. The minimum atomic E-state index is 1.09. The second-order valence-corrected chi connectivity index (χ2v) is 4.77. The summed E-state index contributed by atoms with van der Waals surface area (Å²) in [5, 5.41) is 3.83. The third-order valence-electron chi connectivity index (χ3n) is 3.30. The van der Waals surface area contributed by atoms with E-state index in [2.05, 4.69) is 62.2 Å². The molecule has 0 aliphatic rings. The Hall–Kier alpha value is -1.89. The zero-order valence-corrected chi connectivity index (χ0v) is 10.4. The molecule has 0 saturated heterocycles. The van der Waals surface area contributed by atoms with Gasteiger partial charge in [0, 0.05) is 16.5 Å². The van der Waals surface area contributed by atoms with E-state index >= 15 is 0 Å². The number of pyridine rings is 1. The van der Waals surface area contributed by atoms with Gasteiger partial charge in [0.25, 0.3) is 0 Å². The summed E-state index contributed by atoms with van der Waals surface area (Å²) in [5.41, 5.74) is 4.77. The third-order valence-corrected chi connectivity index (χ3v) is 3.30. The van der Waals surface area contributed by atoms with Gasteiger partial charge in [-0.15, -0.1) is 0 Å². The summed E-state index contributed by atoms with van der Waals surface area (Å²) in [7, 11) is 0. The molecular formula is C16H15N. The van der Waals surface area contributed by atoms with Crippen LogP contribution in [0.15, 0.2) is 36.4 Å². The molecule has 0 amide bonds. The average Bonchev–Trinajstić information content (AvgIpc) is 2.30. The number of aromatic nitrogens is 1. The summed E-state index contributed by atoms with van der Waals surface area (Å²) in [6, 6.07) is 13.1. The lowest BCUT2D eigenvalue weighted by molar-refractivity contribution is 1.28. The van der Waals surface area contributed by atoms with Gasteiger partial charge in [-0.2, -0.15) is 0 Å². The molecule has 0 saturated carbocycles. The molecule has 3 rings (SSSR count). The number of hydrogen-bond acceptors (Lipinski definition) is 1. The molecular weight excluding hydrogens is 206 g/mol. The molecule has 84 valence electrons. The molecule has 0 spiro atoms. The molecule has 1 heteroatoms. The zero-order chi connectivity index (χ0) is 12.0. The van der Waals surface area contributed by atoms with E-state index < -0.39 is 0 Å². The maximum Gasteiger partial charge on any atom is 0.0711 e. The lowest BCUT2D eigenvalue weighted by Crippen LogP contribution is -1.89. The van der Waals surface area contributed by atoms with Gasteiger partial charge in [0.05, 0.1) is 5.52 Å². The lowest BCUT2D eigenvalue weighted by atomic mass is 10.0. The van der Waals surface area contributed by atoms with Crippen LogP contribution in [0, 0.1) is 20.8 Å². The largest absolute Gasteiger partial charge is 0.252 e. The molecule has 0 aliphatic heterocycles. The van der Waals surface area contributed by atoms with Crippen molar-refractivity contribution in [3.05, 3.63) is 53.2 Å². The predicted molar refractivity (Wildman–Crippen MR) is 73.5 cm³/mol. The molecule has 0 fully saturated rings. The quantitative estimate of drug-likeness (QED) is 0.515. The Kier molecular flexibility index (Phi) is 2.15. The zero-order valence-electron chi connectivity index (χ0n) is 10.4. The summed E-state index contributed by atoms with van der Waals surface area (Å²) < 4.78 is 0. The van der Waals surface area contributed by atoms with Gasteiger partial charge in [-0.25, -0.2) is 0 Å². The molecule has 0 N–H and O–H groups in total. The third kappa shape index (κ3) is 1.59. The van der Waals surface area contributed by atoms with Crippen molar-refractivity contribution in [3.63, 3.8) is 0 Å². The first kappa shape index (κ1) is 10.3. The van der Waals surface area contributed by atoms with Crippen LogP contribution in [0.5, 0.6) is 0 Å². The molecule has 0 aliphatic carbocycles. The molecule has 1 heterocycles. The molecule has 3 aromatic rings. The standard InChI is InChI=1S/C16H15N/c1-10-4-6-13-14(8-10)12(3)17-16-7-5-11(2)9-15(13)16/h4-9H,1-3H3. The highest BCUT2D eigenvalue weighted by molar-refractivity contribution is 6.06. The lowest BCUT2D eigenvalue weighted by Gasteiger charge is -2.08. The first-order valence-electron chi connectivity index (χ1n) is 5.92. The summed E-state index contributed by atoms with van der Waals surface area (Å²) >= 11 is 0. The van der Waals surface area contributed by atoms with Gasteiger partial charge in [-0.3, -0.25) is 4.98 Å². The Morgan fingerprint density at radius 1 is 0.706 bits per heavy atom. The van der Waals surface area contributed by atoms with Crippen molar-refractivity contribution in [1.82, 2.24) is 4.98 Å². The highest BCUT2D eigenvalue weighted by Crippen LogP contribution is 2.27. The van der Waals surface area contributed by atoms with Gasteiger partial charge < -0.3 is 0 Å². The van der Waals surface area contributed by atoms with Crippen LogP contribution in [0.4, 0.5) is 0 Å². The number of fused-ring (bicyclic) bond motifs is 3. The van der Waals surface area contributed by atoms with Gasteiger partial charge in [0.1, 0.15) is 0 Å². The first-order chi connectivity index (χ1) is 8.15. The van der Waals surface area contributed by atoms with Crippen molar-refractivity contribution in [2.45, 2.75) is 20.8 Å². The minimum absolute atomic E-state index is 1.09. The maximum absolute atomic E-state index is 4.69. The summed E-state index contributed by atoms with van der Waals surface area (Å²) in [6.45, 7) is 6.33. The van der Waals surface area contributed by atoms with Crippen LogP contribution in [0.3, 0.4) is 0 Å². The minimum Gasteiger partial charge on any atom is -0.252 e. The molecule has 1 aromatic heterocycles. The average molecular weight is 221 g/mol. The summed E-state index contributed by atoms with van der Waals surface area (Å²) in [6.07, 6.45) is 0. The summed E-state index contributed by atoms with van der Waals surface area (Å²) in [4.78, 5) is 4.69. The van der Waals surface area contributed by atoms with Crippen molar-refractivity contribution < 1.29 is 0 Å². The number of aryl methyl sites for hydroxylation is 3. The van der Waals surface area contributed by atoms with E-state index in [-0.39, 0.29) is 0 Å². The fraction of sp³-hybridized carbons (Fsp3) is 0.188. The Morgan fingerprint density at radius 3 is 2.12 bits per heavy atom. The number of rotatable bonds is 0. The van der Waals surface area contributed by atoms with Gasteiger partial charge in [0.2, 0.25) is 0 Å². The van der Waals surface area contributed by atoms with E-state index in [1.165, 1.54) is 27.3 Å². The Labute approximate surface area is 101 Å². The fourth-order valence-electron chi connectivity index (χ4n) is 2.40. The predicted octanol–water partition coefficient (Wildman–Crippen LogP) is 4.31. The van der Waals surface area contributed by atoms with Crippen molar-refractivity contribution >= 4 is 21.7 Å². The van der Waals surface area contributed by atoms with E-state index in [0.717, 1.165) is 11.2 Å². The van der Waals surface area contributed by atoms with Crippen molar-refractivity contribution in [1.29, 1.82) is 0 Å². The Balaban J connectivity index is 2.57. The van der Waals surface area contributed by atoms with Crippen LogP contribution < -0.4 is 0 Å². The number of nitrogens with zero attached hydrogens (tertiary/aromatic N) is 1. The molecule has 0 unspecified atom stereocenters. The van der Waals surface area contributed by atoms with Gasteiger partial charge in [-0.1, -0.05) is 29.3 Å². The SMILES string of the molecule is Cc1ccc2c(c1)c(C)nc1ccc(C)cc12. The van der Waals surface area contributed by atoms with Crippen LogP contribution in [0.1, 0.15) is 16.8 Å². The normalized spacial score (nSPS) is 11.2. The first-order valence-corrected chi connectivity index (χ1v) is 5.92. The highest BCUT2D eigenvalue weighted by Gasteiger charge is 2.05. The maximum atomic E-state index is 4.69. The second-order valence-electron chi connectivity index (χ2n) is 4.77. The highest BCUT2D eigenvalue weighted by atomic mass is 14.7.